The molecule has 0 N–H and O–H groups in total. The number of unbranched alkanes of at least 4 members (excludes halogenated alkanes) is 4. The molecular formula is C16H20BrNO. The quantitative estimate of drug-likeness (QED) is 0.496. The molecule has 0 unspecified atom stereocenters. The normalized spacial score (nSPS) is 10.2. The van der Waals surface area contributed by atoms with Gasteiger partial charge in [-0.1, -0.05) is 50.8 Å². The summed E-state index contributed by atoms with van der Waals surface area (Å²) in [6.07, 6.45) is 6.67. The molecule has 1 aromatic rings. The predicted molar refractivity (Wildman–Crippen MR) is 81.2 cm³/mol. The van der Waals surface area contributed by atoms with Crippen LogP contribution in [0.2, 0.25) is 0 Å². The van der Waals surface area contributed by atoms with Gasteiger partial charge in [-0.05, 0) is 27.9 Å². The number of nitrogens with zero attached hydrogens (tertiary/aromatic N) is 1. The molecule has 2 nitrogen and oxygen atoms in total. The summed E-state index contributed by atoms with van der Waals surface area (Å²) >= 11 is 3.44. The number of hydrogen-bond donors (Lipinski definition) is 0. The van der Waals surface area contributed by atoms with Crippen molar-refractivity contribution in [3.05, 3.63) is 33.8 Å². The summed E-state index contributed by atoms with van der Waals surface area (Å²) in [5.41, 5.74) is 1.60. The van der Waals surface area contributed by atoms with Gasteiger partial charge in [0.25, 0.3) is 0 Å². The van der Waals surface area contributed by atoms with Gasteiger partial charge in [0, 0.05) is 16.5 Å². The zero-order valence-electron chi connectivity index (χ0n) is 11.4. The lowest BCUT2D eigenvalue weighted by Gasteiger charge is -2.07. The van der Waals surface area contributed by atoms with Crippen LogP contribution < -0.4 is 0 Å². The van der Waals surface area contributed by atoms with Crippen LogP contribution in [0.3, 0.4) is 0 Å². The SMILES string of the molecule is CCCCCCCC(=O)c1cccc(CC#N)c1Br. The van der Waals surface area contributed by atoms with Crippen molar-refractivity contribution in [3.63, 3.8) is 0 Å². The highest BCUT2D eigenvalue weighted by Gasteiger charge is 2.12. The van der Waals surface area contributed by atoms with E-state index in [0.717, 1.165) is 22.9 Å². The maximum atomic E-state index is 12.1. The van der Waals surface area contributed by atoms with Crippen LogP contribution in [0, 0.1) is 11.3 Å². The van der Waals surface area contributed by atoms with E-state index in [0.29, 0.717) is 18.4 Å². The van der Waals surface area contributed by atoms with Crippen LogP contribution in [0.1, 0.15) is 61.4 Å². The molecule has 0 bridgehead atoms. The average molecular weight is 322 g/mol. The van der Waals surface area contributed by atoms with Crippen LogP contribution in [0.4, 0.5) is 0 Å². The molecule has 0 heterocycles. The first-order valence-electron chi connectivity index (χ1n) is 6.88. The van der Waals surface area contributed by atoms with E-state index in [4.69, 9.17) is 5.26 Å². The van der Waals surface area contributed by atoms with Crippen molar-refractivity contribution >= 4 is 21.7 Å². The standard InChI is InChI=1S/C16H20BrNO/c1-2-3-4-5-6-10-15(19)14-9-7-8-13(11-12-18)16(14)17/h7-9H,2-6,10-11H2,1H3. The molecule has 0 amide bonds. The topological polar surface area (TPSA) is 40.9 Å². The lowest BCUT2D eigenvalue weighted by molar-refractivity contribution is 0.0978. The number of carbonyl (C=O) groups excluding carboxylic acids is 1. The fourth-order valence-corrected chi connectivity index (χ4v) is 2.67. The number of rotatable bonds is 8. The zero-order chi connectivity index (χ0) is 14.1. The number of nitriles is 1. The number of hydrogen-bond acceptors (Lipinski definition) is 2. The summed E-state index contributed by atoms with van der Waals surface area (Å²) in [6.45, 7) is 2.18. The van der Waals surface area contributed by atoms with E-state index in [-0.39, 0.29) is 5.78 Å². The molecule has 0 aliphatic carbocycles. The van der Waals surface area contributed by atoms with Crippen LogP contribution in [-0.2, 0) is 6.42 Å². The van der Waals surface area contributed by atoms with Gasteiger partial charge in [0.2, 0.25) is 0 Å². The Balaban J connectivity index is 2.57. The first-order chi connectivity index (χ1) is 9.20. The van der Waals surface area contributed by atoms with Crippen molar-refractivity contribution in [2.75, 3.05) is 0 Å². The Bertz CT molecular complexity index is 462. The van der Waals surface area contributed by atoms with Crippen LogP contribution >= 0.6 is 15.9 Å². The van der Waals surface area contributed by atoms with Gasteiger partial charge in [0.1, 0.15) is 0 Å². The van der Waals surface area contributed by atoms with Crippen molar-refractivity contribution in [2.45, 2.75) is 51.9 Å². The van der Waals surface area contributed by atoms with Crippen molar-refractivity contribution < 1.29 is 4.79 Å². The zero-order valence-corrected chi connectivity index (χ0v) is 13.0. The molecular weight excluding hydrogens is 302 g/mol. The Hall–Kier alpha value is -1.14. The molecule has 0 aromatic heterocycles. The van der Waals surface area contributed by atoms with Gasteiger partial charge in [0.05, 0.1) is 12.5 Å². The molecule has 3 heteroatoms. The summed E-state index contributed by atoms with van der Waals surface area (Å²) in [7, 11) is 0. The van der Waals surface area contributed by atoms with Crippen molar-refractivity contribution in [1.29, 1.82) is 5.26 Å². The lowest BCUT2D eigenvalue weighted by atomic mass is 10.0. The van der Waals surface area contributed by atoms with Crippen molar-refractivity contribution in [3.8, 4) is 6.07 Å². The minimum atomic E-state index is 0.170. The van der Waals surface area contributed by atoms with Crippen molar-refractivity contribution in [2.24, 2.45) is 0 Å². The Kier molecular flexibility index (Phi) is 7.43. The molecule has 1 aromatic carbocycles. The van der Waals surface area contributed by atoms with Gasteiger partial charge < -0.3 is 0 Å². The number of ketones is 1. The maximum Gasteiger partial charge on any atom is 0.164 e. The van der Waals surface area contributed by atoms with Gasteiger partial charge in [-0.15, -0.1) is 0 Å². The Morgan fingerprint density at radius 2 is 2.00 bits per heavy atom. The monoisotopic (exact) mass is 321 g/mol. The van der Waals surface area contributed by atoms with Gasteiger partial charge in [0.15, 0.2) is 5.78 Å². The Labute approximate surface area is 124 Å². The smallest absolute Gasteiger partial charge is 0.164 e. The lowest BCUT2D eigenvalue weighted by Crippen LogP contribution is -2.02. The van der Waals surface area contributed by atoms with E-state index >= 15 is 0 Å². The molecule has 1 rings (SSSR count). The summed E-state index contributed by atoms with van der Waals surface area (Å²) in [5, 5.41) is 8.74. The van der Waals surface area contributed by atoms with Crippen LogP contribution in [0.25, 0.3) is 0 Å². The Morgan fingerprint density at radius 1 is 1.26 bits per heavy atom. The molecule has 19 heavy (non-hydrogen) atoms. The second-order valence-electron chi connectivity index (χ2n) is 4.70. The second kappa shape index (κ2) is 8.87. The highest BCUT2D eigenvalue weighted by atomic mass is 79.9. The minimum Gasteiger partial charge on any atom is -0.294 e. The maximum absolute atomic E-state index is 12.1. The molecule has 0 aliphatic heterocycles. The van der Waals surface area contributed by atoms with Crippen molar-refractivity contribution in [1.82, 2.24) is 0 Å². The van der Waals surface area contributed by atoms with E-state index in [2.05, 4.69) is 28.9 Å². The summed E-state index contributed by atoms with van der Waals surface area (Å²) in [4.78, 5) is 12.1. The van der Waals surface area contributed by atoms with E-state index in [9.17, 15) is 4.79 Å². The molecule has 0 saturated carbocycles. The second-order valence-corrected chi connectivity index (χ2v) is 5.49. The third-order valence-electron chi connectivity index (χ3n) is 3.16. The largest absolute Gasteiger partial charge is 0.294 e. The number of halogens is 1. The van der Waals surface area contributed by atoms with E-state index in [1.54, 1.807) is 0 Å². The molecule has 0 saturated heterocycles. The van der Waals surface area contributed by atoms with Crippen LogP contribution in [-0.4, -0.2) is 5.78 Å². The predicted octanol–water partition coefficient (Wildman–Crippen LogP) is 5.06. The highest BCUT2D eigenvalue weighted by molar-refractivity contribution is 9.10. The first-order valence-corrected chi connectivity index (χ1v) is 7.67. The first kappa shape index (κ1) is 15.9. The molecule has 0 atom stereocenters. The number of carbonyl (C=O) groups is 1. The molecule has 0 spiro atoms. The van der Waals surface area contributed by atoms with E-state index in [1.807, 2.05) is 18.2 Å². The Morgan fingerprint density at radius 3 is 2.68 bits per heavy atom. The van der Waals surface area contributed by atoms with E-state index < -0.39 is 0 Å². The fourth-order valence-electron chi connectivity index (χ4n) is 2.04. The van der Waals surface area contributed by atoms with Gasteiger partial charge in [-0.25, -0.2) is 0 Å². The van der Waals surface area contributed by atoms with Gasteiger partial charge >= 0.3 is 0 Å². The highest BCUT2D eigenvalue weighted by Crippen LogP contribution is 2.24. The third kappa shape index (κ3) is 5.16. The van der Waals surface area contributed by atoms with Gasteiger partial charge in [-0.2, -0.15) is 5.26 Å². The molecule has 0 aliphatic rings. The fraction of sp³-hybridized carbons (Fsp3) is 0.500. The third-order valence-corrected chi connectivity index (χ3v) is 4.09. The molecule has 0 fully saturated rings. The summed E-state index contributed by atoms with van der Waals surface area (Å²) < 4.78 is 0.787. The summed E-state index contributed by atoms with van der Waals surface area (Å²) in [5.74, 6) is 0.170. The average Bonchev–Trinajstić information content (AvgIpc) is 2.41. The van der Waals surface area contributed by atoms with Crippen LogP contribution in [0.5, 0.6) is 0 Å². The number of benzene rings is 1. The van der Waals surface area contributed by atoms with Gasteiger partial charge in [-0.3, -0.25) is 4.79 Å². The minimum absolute atomic E-state index is 0.170. The molecule has 0 radical (unpaired) electrons. The number of Topliss-reactive ketones (excluding diaryl/α,β-unsaturated/α-hetero) is 1. The van der Waals surface area contributed by atoms with Crippen LogP contribution in [0.15, 0.2) is 22.7 Å². The molecule has 102 valence electrons. The summed E-state index contributed by atoms with van der Waals surface area (Å²) in [6, 6.07) is 7.68. The van der Waals surface area contributed by atoms with E-state index in [1.165, 1.54) is 19.3 Å².